The molecule has 0 fully saturated rings. The Labute approximate surface area is 116 Å². The number of carbonyl (C=O) groups is 1. The molecule has 2 heterocycles. The molecule has 0 saturated carbocycles. The molecular formula is C11H10F3N3O2S. The van der Waals surface area contributed by atoms with E-state index in [9.17, 15) is 18.0 Å². The third-order valence-electron chi connectivity index (χ3n) is 2.32. The zero-order chi connectivity index (χ0) is 14.8. The molecule has 0 aliphatic carbocycles. The van der Waals surface area contributed by atoms with E-state index in [1.54, 1.807) is 6.92 Å². The number of alkyl halides is 3. The van der Waals surface area contributed by atoms with Gasteiger partial charge in [0.1, 0.15) is 0 Å². The highest BCUT2D eigenvalue weighted by Gasteiger charge is 2.31. The molecule has 0 aliphatic heterocycles. The molecule has 0 radical (unpaired) electrons. The first kappa shape index (κ1) is 14.6. The molecule has 0 aromatic carbocycles. The highest BCUT2D eigenvalue weighted by molar-refractivity contribution is 7.99. The standard InChI is InChI=1S/C11H10F3N3O2S/c1-2-19-9(18)6-20-10-16-15-8-4-3-7(5-17(8)10)11(12,13)14/h3-5H,2,6H2,1H3. The number of ether oxygens (including phenoxy) is 1. The van der Waals surface area contributed by atoms with E-state index >= 15 is 0 Å². The molecule has 20 heavy (non-hydrogen) atoms. The highest BCUT2D eigenvalue weighted by Crippen LogP contribution is 2.30. The van der Waals surface area contributed by atoms with Crippen molar-refractivity contribution in [3.63, 3.8) is 0 Å². The van der Waals surface area contributed by atoms with Crippen LogP contribution in [0.3, 0.4) is 0 Å². The monoisotopic (exact) mass is 305 g/mol. The van der Waals surface area contributed by atoms with Gasteiger partial charge < -0.3 is 4.74 Å². The molecule has 108 valence electrons. The number of hydrogen-bond acceptors (Lipinski definition) is 5. The van der Waals surface area contributed by atoms with E-state index in [2.05, 4.69) is 10.2 Å². The summed E-state index contributed by atoms with van der Waals surface area (Å²) in [6, 6.07) is 2.16. The minimum Gasteiger partial charge on any atom is -0.465 e. The summed E-state index contributed by atoms with van der Waals surface area (Å²) in [4.78, 5) is 11.2. The first-order valence-electron chi connectivity index (χ1n) is 5.62. The van der Waals surface area contributed by atoms with E-state index < -0.39 is 17.7 Å². The van der Waals surface area contributed by atoms with E-state index in [0.717, 1.165) is 24.0 Å². The third-order valence-corrected chi connectivity index (χ3v) is 3.24. The number of halogens is 3. The number of pyridine rings is 1. The molecule has 2 aromatic rings. The maximum atomic E-state index is 12.6. The summed E-state index contributed by atoms with van der Waals surface area (Å²) in [5, 5.41) is 7.70. The normalized spacial score (nSPS) is 11.8. The van der Waals surface area contributed by atoms with Crippen LogP contribution in [0.15, 0.2) is 23.5 Å². The van der Waals surface area contributed by atoms with E-state index in [-0.39, 0.29) is 23.2 Å². The smallest absolute Gasteiger partial charge is 0.417 e. The van der Waals surface area contributed by atoms with Crippen molar-refractivity contribution in [3.8, 4) is 0 Å². The van der Waals surface area contributed by atoms with Crippen LogP contribution in [0.25, 0.3) is 5.65 Å². The highest BCUT2D eigenvalue weighted by atomic mass is 32.2. The van der Waals surface area contributed by atoms with Crippen LogP contribution in [0.2, 0.25) is 0 Å². The molecule has 9 heteroatoms. The predicted octanol–water partition coefficient (Wildman–Crippen LogP) is 2.40. The maximum absolute atomic E-state index is 12.6. The van der Waals surface area contributed by atoms with Crippen LogP contribution in [0.5, 0.6) is 0 Å². The molecule has 0 aliphatic rings. The van der Waals surface area contributed by atoms with Crippen LogP contribution in [-0.2, 0) is 15.7 Å². The van der Waals surface area contributed by atoms with Crippen LogP contribution in [0, 0.1) is 0 Å². The fourth-order valence-corrected chi connectivity index (χ4v) is 2.18. The van der Waals surface area contributed by atoms with Crippen LogP contribution >= 0.6 is 11.8 Å². The van der Waals surface area contributed by atoms with E-state index in [1.165, 1.54) is 10.5 Å². The molecule has 0 N–H and O–H groups in total. The molecule has 0 spiro atoms. The molecule has 5 nitrogen and oxygen atoms in total. The van der Waals surface area contributed by atoms with Crippen molar-refractivity contribution >= 4 is 23.4 Å². The van der Waals surface area contributed by atoms with Crippen molar-refractivity contribution < 1.29 is 22.7 Å². The molecule has 2 aromatic heterocycles. The van der Waals surface area contributed by atoms with Gasteiger partial charge in [0.05, 0.1) is 17.9 Å². The van der Waals surface area contributed by atoms with Gasteiger partial charge in [-0.05, 0) is 19.1 Å². The predicted molar refractivity (Wildman–Crippen MR) is 65.3 cm³/mol. The Bertz CT molecular complexity index is 627. The molecule has 0 amide bonds. The van der Waals surface area contributed by atoms with Gasteiger partial charge >= 0.3 is 12.1 Å². The summed E-state index contributed by atoms with van der Waals surface area (Å²) in [6.07, 6.45) is -3.54. The largest absolute Gasteiger partial charge is 0.465 e. The molecule has 0 atom stereocenters. The Kier molecular flexibility index (Phi) is 4.17. The molecule has 0 bridgehead atoms. The van der Waals surface area contributed by atoms with Gasteiger partial charge in [-0.25, -0.2) is 0 Å². The first-order chi connectivity index (χ1) is 9.41. The van der Waals surface area contributed by atoms with Crippen molar-refractivity contribution in [2.75, 3.05) is 12.4 Å². The van der Waals surface area contributed by atoms with Crippen LogP contribution in [0.1, 0.15) is 12.5 Å². The zero-order valence-corrected chi connectivity index (χ0v) is 11.2. The van der Waals surface area contributed by atoms with Crippen molar-refractivity contribution in [3.05, 3.63) is 23.9 Å². The Morgan fingerprint density at radius 3 is 2.80 bits per heavy atom. The number of thioether (sulfide) groups is 1. The number of nitrogens with zero attached hydrogens (tertiary/aromatic N) is 3. The fourth-order valence-electron chi connectivity index (χ4n) is 1.46. The lowest BCUT2D eigenvalue weighted by Gasteiger charge is -2.07. The zero-order valence-electron chi connectivity index (χ0n) is 10.3. The second-order valence-corrected chi connectivity index (χ2v) is 4.66. The van der Waals surface area contributed by atoms with Crippen molar-refractivity contribution in [1.29, 1.82) is 0 Å². The lowest BCUT2D eigenvalue weighted by Crippen LogP contribution is -2.08. The Hall–Kier alpha value is -1.77. The fraction of sp³-hybridized carbons (Fsp3) is 0.364. The van der Waals surface area contributed by atoms with Gasteiger partial charge in [0.2, 0.25) is 0 Å². The van der Waals surface area contributed by atoms with Crippen LogP contribution < -0.4 is 0 Å². The van der Waals surface area contributed by atoms with Gasteiger partial charge in [-0.2, -0.15) is 13.2 Å². The summed E-state index contributed by atoms with van der Waals surface area (Å²) in [6.45, 7) is 1.92. The SMILES string of the molecule is CCOC(=O)CSc1nnc2ccc(C(F)(F)F)cn12. The molecule has 2 rings (SSSR count). The van der Waals surface area contributed by atoms with E-state index in [1.807, 2.05) is 0 Å². The summed E-state index contributed by atoms with van der Waals surface area (Å²) >= 11 is 0.971. The van der Waals surface area contributed by atoms with Gasteiger partial charge in [0.15, 0.2) is 10.8 Å². The summed E-state index contributed by atoms with van der Waals surface area (Å²) in [5.41, 5.74) is -0.521. The number of carbonyl (C=O) groups excluding carboxylic acids is 1. The first-order valence-corrected chi connectivity index (χ1v) is 6.60. The lowest BCUT2D eigenvalue weighted by atomic mass is 10.3. The van der Waals surface area contributed by atoms with Crippen LogP contribution in [0.4, 0.5) is 13.2 Å². The Morgan fingerprint density at radius 2 is 2.15 bits per heavy atom. The minimum atomic E-state index is -4.44. The minimum absolute atomic E-state index is 0.0368. The van der Waals surface area contributed by atoms with Crippen molar-refractivity contribution in [2.24, 2.45) is 0 Å². The van der Waals surface area contributed by atoms with Gasteiger partial charge in [-0.15, -0.1) is 10.2 Å². The number of aromatic nitrogens is 3. The topological polar surface area (TPSA) is 56.5 Å². The third kappa shape index (κ3) is 3.21. The van der Waals surface area contributed by atoms with Crippen molar-refractivity contribution in [1.82, 2.24) is 14.6 Å². The van der Waals surface area contributed by atoms with Gasteiger partial charge in [-0.3, -0.25) is 9.20 Å². The Morgan fingerprint density at radius 1 is 1.40 bits per heavy atom. The summed E-state index contributed by atoms with van der Waals surface area (Å²) in [7, 11) is 0. The molecule has 0 saturated heterocycles. The van der Waals surface area contributed by atoms with E-state index in [0.29, 0.717) is 0 Å². The van der Waals surface area contributed by atoms with Gasteiger partial charge in [0, 0.05) is 6.20 Å². The Balaban J connectivity index is 2.23. The average molecular weight is 305 g/mol. The average Bonchev–Trinajstić information content (AvgIpc) is 2.78. The number of hydrogen-bond donors (Lipinski definition) is 0. The quantitative estimate of drug-likeness (QED) is 0.641. The molecule has 0 unspecified atom stereocenters. The second kappa shape index (κ2) is 5.70. The van der Waals surface area contributed by atoms with Gasteiger partial charge in [0.25, 0.3) is 0 Å². The van der Waals surface area contributed by atoms with Crippen molar-refractivity contribution in [2.45, 2.75) is 18.3 Å². The lowest BCUT2D eigenvalue weighted by molar-refractivity contribution is -0.140. The van der Waals surface area contributed by atoms with Gasteiger partial charge in [-0.1, -0.05) is 11.8 Å². The van der Waals surface area contributed by atoms with Crippen LogP contribution in [-0.4, -0.2) is 32.9 Å². The molecular weight excluding hydrogens is 295 g/mol. The maximum Gasteiger partial charge on any atom is 0.417 e. The van der Waals surface area contributed by atoms with E-state index in [4.69, 9.17) is 4.74 Å². The number of esters is 1. The second-order valence-electron chi connectivity index (χ2n) is 3.72. The summed E-state index contributed by atoms with van der Waals surface area (Å²) < 4.78 is 43.8. The number of rotatable bonds is 4. The summed E-state index contributed by atoms with van der Waals surface area (Å²) in [5.74, 6) is -0.494. The number of fused-ring (bicyclic) bond motifs is 1.